The van der Waals surface area contributed by atoms with E-state index in [9.17, 15) is 5.11 Å². The third-order valence-corrected chi connectivity index (χ3v) is 5.46. The van der Waals surface area contributed by atoms with E-state index in [0.29, 0.717) is 0 Å². The van der Waals surface area contributed by atoms with Crippen LogP contribution in [0.5, 0.6) is 0 Å². The molecule has 116 valence electrons. The van der Waals surface area contributed by atoms with Gasteiger partial charge < -0.3 is 9.67 Å². The molecule has 1 aromatic carbocycles. The number of hydrogen-bond donors (Lipinski definition) is 1. The van der Waals surface area contributed by atoms with Crippen LogP contribution in [-0.4, -0.2) is 24.4 Å². The van der Waals surface area contributed by atoms with Gasteiger partial charge in [-0.3, -0.25) is 4.68 Å². The number of fused-ring (bicyclic) bond motifs is 4. The molecule has 0 amide bonds. The largest absolute Gasteiger partial charge is 0.388 e. The second-order valence-electron chi connectivity index (χ2n) is 6.54. The van der Waals surface area contributed by atoms with Gasteiger partial charge in [-0.25, -0.2) is 4.98 Å². The van der Waals surface area contributed by atoms with Crippen molar-refractivity contribution in [3.63, 3.8) is 0 Å². The van der Waals surface area contributed by atoms with E-state index >= 15 is 0 Å². The summed E-state index contributed by atoms with van der Waals surface area (Å²) in [4.78, 5) is 4.33. The number of aliphatic hydroxyl groups excluding tert-OH is 1. The lowest BCUT2D eigenvalue weighted by Gasteiger charge is -2.33. The Morgan fingerprint density at radius 1 is 1.17 bits per heavy atom. The van der Waals surface area contributed by atoms with Crippen LogP contribution in [0, 0.1) is 5.92 Å². The fourth-order valence-corrected chi connectivity index (χ4v) is 4.37. The molecular weight excluding hydrogens is 288 g/mol. The first-order valence-electron chi connectivity index (χ1n) is 8.05. The topological polar surface area (TPSA) is 55.9 Å². The molecule has 0 unspecified atom stereocenters. The van der Waals surface area contributed by atoms with Crippen molar-refractivity contribution >= 4 is 0 Å². The van der Waals surface area contributed by atoms with Crippen LogP contribution in [-0.2, 0) is 13.5 Å². The van der Waals surface area contributed by atoms with Gasteiger partial charge in [-0.2, -0.15) is 5.10 Å². The van der Waals surface area contributed by atoms with Gasteiger partial charge in [0.1, 0.15) is 0 Å². The van der Waals surface area contributed by atoms with E-state index in [-0.39, 0.29) is 12.0 Å². The first-order valence-corrected chi connectivity index (χ1v) is 8.05. The van der Waals surface area contributed by atoms with E-state index in [0.717, 1.165) is 29.8 Å². The number of rotatable bonds is 1. The molecule has 0 spiro atoms. The molecule has 3 aromatic rings. The summed E-state index contributed by atoms with van der Waals surface area (Å²) in [6.45, 7) is 0. The van der Waals surface area contributed by atoms with Gasteiger partial charge in [0, 0.05) is 29.8 Å². The minimum Gasteiger partial charge on any atom is -0.388 e. The summed E-state index contributed by atoms with van der Waals surface area (Å²) < 4.78 is 4.11. The fraction of sp³-hybridized carbons (Fsp3) is 0.333. The Hall–Kier alpha value is -2.40. The van der Waals surface area contributed by atoms with Gasteiger partial charge in [0.2, 0.25) is 0 Å². The Bertz CT molecular complexity index is 894. The van der Waals surface area contributed by atoms with Gasteiger partial charge in [-0.1, -0.05) is 24.3 Å². The Balaban J connectivity index is 1.63. The van der Waals surface area contributed by atoms with Crippen LogP contribution in [0.3, 0.4) is 0 Å². The van der Waals surface area contributed by atoms with E-state index in [1.54, 1.807) is 0 Å². The van der Waals surface area contributed by atoms with Crippen molar-refractivity contribution in [1.82, 2.24) is 19.3 Å². The van der Waals surface area contributed by atoms with Gasteiger partial charge in [0.25, 0.3) is 0 Å². The molecule has 3 atom stereocenters. The molecule has 5 nitrogen and oxygen atoms in total. The lowest BCUT2D eigenvalue weighted by Crippen LogP contribution is -2.28. The minimum absolute atomic E-state index is 0.142. The molecule has 3 heterocycles. The molecule has 1 aliphatic heterocycles. The maximum absolute atomic E-state index is 11.0. The van der Waals surface area contributed by atoms with Gasteiger partial charge in [-0.15, -0.1) is 0 Å². The van der Waals surface area contributed by atoms with Crippen molar-refractivity contribution in [1.29, 1.82) is 0 Å². The second-order valence-corrected chi connectivity index (χ2v) is 6.54. The van der Waals surface area contributed by atoms with Gasteiger partial charge in [-0.05, 0) is 18.4 Å². The van der Waals surface area contributed by atoms with Crippen molar-refractivity contribution in [3.8, 4) is 11.3 Å². The van der Waals surface area contributed by atoms with Crippen molar-refractivity contribution in [2.45, 2.75) is 25.0 Å². The lowest BCUT2D eigenvalue weighted by molar-refractivity contribution is 0.0713. The van der Waals surface area contributed by atoms with Crippen molar-refractivity contribution in [3.05, 3.63) is 59.8 Å². The monoisotopic (exact) mass is 306 g/mol. The Labute approximate surface area is 134 Å². The standard InChI is InChI=1S/C18H18N4O/c1-21-15-7-6-13(18(23)14(15)8-20-21)17-12-5-3-2-4-11(12)16-9-19-10-22(16)17/h2-5,8-10,13,17-18,23H,6-7H2,1H3/t13-,17+,18+/m0/s1. The third kappa shape index (κ3) is 1.65. The average Bonchev–Trinajstić information content (AvgIpc) is 3.24. The molecule has 0 fully saturated rings. The SMILES string of the molecule is Cn1ncc2c1CC[C@@H]([C@H]1c3ccccc3-c3cncn31)[C@H]2O. The molecule has 2 aliphatic rings. The smallest absolute Gasteiger partial charge is 0.0956 e. The predicted molar refractivity (Wildman–Crippen MR) is 85.8 cm³/mol. The summed E-state index contributed by atoms with van der Waals surface area (Å²) in [5.41, 5.74) is 5.82. The average molecular weight is 306 g/mol. The summed E-state index contributed by atoms with van der Waals surface area (Å²) in [7, 11) is 1.95. The molecule has 23 heavy (non-hydrogen) atoms. The van der Waals surface area contributed by atoms with E-state index in [1.165, 1.54) is 11.1 Å². The molecule has 1 aliphatic carbocycles. The number of aliphatic hydroxyl groups is 1. The molecule has 0 saturated carbocycles. The molecule has 2 aromatic heterocycles. The van der Waals surface area contributed by atoms with E-state index in [1.807, 2.05) is 30.5 Å². The summed E-state index contributed by atoms with van der Waals surface area (Å²) in [6, 6.07) is 8.62. The summed E-state index contributed by atoms with van der Waals surface area (Å²) in [5.74, 6) is 0.142. The molecule has 0 saturated heterocycles. The Morgan fingerprint density at radius 2 is 2.04 bits per heavy atom. The Kier molecular flexibility index (Phi) is 2.59. The van der Waals surface area contributed by atoms with Gasteiger partial charge in [0.15, 0.2) is 0 Å². The highest BCUT2D eigenvalue weighted by Crippen LogP contribution is 2.49. The number of benzene rings is 1. The number of aromatic nitrogens is 4. The number of aryl methyl sites for hydroxylation is 1. The quantitative estimate of drug-likeness (QED) is 0.751. The van der Waals surface area contributed by atoms with Crippen LogP contribution < -0.4 is 0 Å². The highest BCUT2D eigenvalue weighted by atomic mass is 16.3. The van der Waals surface area contributed by atoms with Crippen molar-refractivity contribution < 1.29 is 5.11 Å². The predicted octanol–water partition coefficient (Wildman–Crippen LogP) is 2.48. The molecule has 5 heteroatoms. The zero-order valence-corrected chi connectivity index (χ0v) is 12.9. The first kappa shape index (κ1) is 13.1. The minimum atomic E-state index is -0.487. The molecular formula is C18H18N4O. The second kappa shape index (κ2) is 4.55. The zero-order valence-electron chi connectivity index (χ0n) is 12.9. The highest BCUT2D eigenvalue weighted by molar-refractivity contribution is 5.69. The fourth-order valence-electron chi connectivity index (χ4n) is 4.37. The zero-order chi connectivity index (χ0) is 15.6. The third-order valence-electron chi connectivity index (χ3n) is 5.46. The Morgan fingerprint density at radius 3 is 2.96 bits per heavy atom. The van der Waals surface area contributed by atoms with E-state index in [2.05, 4.69) is 38.9 Å². The number of hydrogen-bond acceptors (Lipinski definition) is 3. The van der Waals surface area contributed by atoms with Crippen molar-refractivity contribution in [2.75, 3.05) is 0 Å². The van der Waals surface area contributed by atoms with Crippen LogP contribution in [0.2, 0.25) is 0 Å². The number of imidazole rings is 1. The van der Waals surface area contributed by atoms with Crippen LogP contribution in [0.1, 0.15) is 35.4 Å². The van der Waals surface area contributed by atoms with Crippen LogP contribution in [0.15, 0.2) is 43.0 Å². The first-order chi connectivity index (χ1) is 11.3. The number of nitrogens with zero attached hydrogens (tertiary/aromatic N) is 4. The highest BCUT2D eigenvalue weighted by Gasteiger charge is 2.41. The van der Waals surface area contributed by atoms with Crippen LogP contribution >= 0.6 is 0 Å². The summed E-state index contributed by atoms with van der Waals surface area (Å²) >= 11 is 0. The van der Waals surface area contributed by atoms with E-state index < -0.39 is 6.10 Å². The van der Waals surface area contributed by atoms with Crippen LogP contribution in [0.25, 0.3) is 11.3 Å². The molecule has 0 bridgehead atoms. The van der Waals surface area contributed by atoms with Crippen LogP contribution in [0.4, 0.5) is 0 Å². The van der Waals surface area contributed by atoms with Crippen molar-refractivity contribution in [2.24, 2.45) is 13.0 Å². The normalized spacial score (nSPS) is 25.0. The summed E-state index contributed by atoms with van der Waals surface area (Å²) in [5, 5.41) is 15.3. The maximum Gasteiger partial charge on any atom is 0.0956 e. The lowest BCUT2D eigenvalue weighted by atomic mass is 9.78. The maximum atomic E-state index is 11.0. The summed E-state index contributed by atoms with van der Waals surface area (Å²) in [6.07, 6.45) is 7.05. The van der Waals surface area contributed by atoms with Gasteiger partial charge >= 0.3 is 0 Å². The molecule has 1 N–H and O–H groups in total. The van der Waals surface area contributed by atoms with Gasteiger partial charge in [0.05, 0.1) is 36.6 Å². The van der Waals surface area contributed by atoms with E-state index in [4.69, 9.17) is 0 Å². The molecule has 5 rings (SSSR count). The molecule has 0 radical (unpaired) electrons.